The number of esters is 1. The molecule has 0 unspecified atom stereocenters. The van der Waals surface area contributed by atoms with Crippen molar-refractivity contribution in [1.82, 2.24) is 20.2 Å². The fourth-order valence-corrected chi connectivity index (χ4v) is 1.39. The number of nitrogens with one attached hydrogen (secondary N) is 1. The summed E-state index contributed by atoms with van der Waals surface area (Å²) in [5.74, 6) is 0.788. The first-order chi connectivity index (χ1) is 8.11. The molecule has 0 atom stereocenters. The second kappa shape index (κ2) is 4.36. The van der Waals surface area contributed by atoms with Gasteiger partial charge >= 0.3 is 5.97 Å². The van der Waals surface area contributed by atoms with E-state index in [9.17, 15) is 4.79 Å². The molecule has 7 nitrogen and oxygen atoms in total. The number of aromatic amines is 1. The van der Waals surface area contributed by atoms with Crippen LogP contribution in [0.25, 0.3) is 11.6 Å². The molecule has 0 aliphatic heterocycles. The number of rotatable bonds is 3. The highest BCUT2D eigenvalue weighted by Gasteiger charge is 2.18. The Hall–Kier alpha value is -2.18. The zero-order valence-electron chi connectivity index (χ0n) is 9.77. The molecule has 2 heterocycles. The summed E-state index contributed by atoms with van der Waals surface area (Å²) in [5, 5.41) is 6.40. The first-order valence-corrected chi connectivity index (χ1v) is 5.15. The van der Waals surface area contributed by atoms with E-state index in [-0.39, 0.29) is 12.4 Å². The summed E-state index contributed by atoms with van der Waals surface area (Å²) in [6.07, 6.45) is 0. The van der Waals surface area contributed by atoms with Gasteiger partial charge in [0.25, 0.3) is 0 Å². The molecule has 0 aromatic carbocycles. The Morgan fingerprint density at radius 2 is 2.18 bits per heavy atom. The monoisotopic (exact) mass is 236 g/mol. The summed E-state index contributed by atoms with van der Waals surface area (Å²) < 4.78 is 10.1. The lowest BCUT2D eigenvalue weighted by molar-refractivity contribution is 0.0512. The lowest BCUT2D eigenvalue weighted by Gasteiger charge is -1.94. The van der Waals surface area contributed by atoms with Crippen LogP contribution in [-0.2, 0) is 4.74 Å². The van der Waals surface area contributed by atoms with E-state index in [0.29, 0.717) is 23.2 Å². The van der Waals surface area contributed by atoms with Gasteiger partial charge in [-0.25, -0.2) is 9.78 Å². The average molecular weight is 236 g/mol. The fraction of sp³-hybridized carbons (Fsp3) is 0.400. The van der Waals surface area contributed by atoms with Crippen molar-refractivity contribution in [3.8, 4) is 11.6 Å². The van der Waals surface area contributed by atoms with Crippen LogP contribution in [0.5, 0.6) is 0 Å². The molecule has 90 valence electrons. The highest BCUT2D eigenvalue weighted by molar-refractivity contribution is 5.85. The molecule has 0 aliphatic carbocycles. The van der Waals surface area contributed by atoms with E-state index >= 15 is 0 Å². The molecule has 2 aromatic heterocycles. The van der Waals surface area contributed by atoms with Gasteiger partial charge in [-0.3, -0.25) is 5.10 Å². The Morgan fingerprint density at radius 1 is 1.41 bits per heavy atom. The Labute approximate surface area is 97.2 Å². The maximum atomic E-state index is 11.4. The minimum absolute atomic E-state index is 0.0512. The van der Waals surface area contributed by atoms with Crippen LogP contribution in [0.1, 0.15) is 29.1 Å². The van der Waals surface area contributed by atoms with Crippen LogP contribution in [0.3, 0.4) is 0 Å². The molecule has 0 aliphatic rings. The number of aromatic nitrogens is 4. The molecule has 17 heavy (non-hydrogen) atoms. The number of ether oxygens (including phenoxy) is 1. The van der Waals surface area contributed by atoms with Crippen LogP contribution in [0.2, 0.25) is 0 Å². The number of hydrogen-bond donors (Lipinski definition) is 1. The van der Waals surface area contributed by atoms with Crippen molar-refractivity contribution < 1.29 is 13.9 Å². The molecular formula is C10H12N4O3. The number of hydrogen-bond acceptors (Lipinski definition) is 6. The van der Waals surface area contributed by atoms with E-state index in [1.165, 1.54) is 0 Å². The molecule has 0 saturated carbocycles. The highest BCUT2D eigenvalue weighted by Crippen LogP contribution is 2.20. The van der Waals surface area contributed by atoms with Crippen molar-refractivity contribution in [2.45, 2.75) is 20.8 Å². The van der Waals surface area contributed by atoms with Gasteiger partial charge in [0, 0.05) is 6.92 Å². The lowest BCUT2D eigenvalue weighted by Crippen LogP contribution is -2.06. The molecule has 0 radical (unpaired) electrons. The summed E-state index contributed by atoms with van der Waals surface area (Å²) in [7, 11) is 0. The molecule has 2 aromatic rings. The van der Waals surface area contributed by atoms with Gasteiger partial charge in [0.15, 0.2) is 11.7 Å². The fourth-order valence-electron chi connectivity index (χ4n) is 1.39. The highest BCUT2D eigenvalue weighted by atomic mass is 16.5. The number of carbonyl (C=O) groups excluding carboxylic acids is 1. The van der Waals surface area contributed by atoms with E-state index in [4.69, 9.17) is 9.15 Å². The summed E-state index contributed by atoms with van der Waals surface area (Å²) in [5.41, 5.74) is 0.678. The van der Waals surface area contributed by atoms with E-state index < -0.39 is 5.97 Å². The van der Waals surface area contributed by atoms with Gasteiger partial charge in [-0.15, -0.1) is 5.10 Å². The standard InChI is InChI=1S/C10H12N4O3/c1-4-16-10(15)9-12-8(13-14-9)7-5(2)11-6(3)17-7/h4H2,1-3H3,(H,12,13,14). The van der Waals surface area contributed by atoms with Crippen LogP contribution < -0.4 is 0 Å². The van der Waals surface area contributed by atoms with Gasteiger partial charge in [-0.2, -0.15) is 4.98 Å². The van der Waals surface area contributed by atoms with E-state index in [0.717, 1.165) is 0 Å². The molecule has 2 rings (SSSR count). The van der Waals surface area contributed by atoms with Gasteiger partial charge in [0.2, 0.25) is 11.6 Å². The molecule has 1 N–H and O–H groups in total. The SMILES string of the molecule is CCOC(=O)c1nc(-c2oc(C)nc2C)n[nH]1. The van der Waals surface area contributed by atoms with Crippen LogP contribution in [0.4, 0.5) is 0 Å². The summed E-state index contributed by atoms with van der Waals surface area (Å²) in [6, 6.07) is 0. The second-order valence-corrected chi connectivity index (χ2v) is 3.38. The van der Waals surface area contributed by atoms with Crippen molar-refractivity contribution >= 4 is 5.97 Å². The molecular weight excluding hydrogens is 224 g/mol. The van der Waals surface area contributed by atoms with Gasteiger partial charge < -0.3 is 9.15 Å². The first kappa shape index (κ1) is 11.3. The van der Waals surface area contributed by atoms with Gasteiger partial charge in [0.1, 0.15) is 0 Å². The maximum absolute atomic E-state index is 11.4. The van der Waals surface area contributed by atoms with Gasteiger partial charge in [-0.1, -0.05) is 0 Å². The van der Waals surface area contributed by atoms with Crippen molar-refractivity contribution in [3.05, 3.63) is 17.4 Å². The van der Waals surface area contributed by atoms with E-state index in [2.05, 4.69) is 20.2 Å². The topological polar surface area (TPSA) is 93.9 Å². The van der Waals surface area contributed by atoms with Crippen molar-refractivity contribution in [2.24, 2.45) is 0 Å². The van der Waals surface area contributed by atoms with Crippen molar-refractivity contribution in [1.29, 1.82) is 0 Å². The van der Waals surface area contributed by atoms with Crippen LogP contribution >= 0.6 is 0 Å². The number of H-pyrrole nitrogens is 1. The number of aryl methyl sites for hydroxylation is 2. The number of nitrogens with zero attached hydrogens (tertiary/aromatic N) is 3. The van der Waals surface area contributed by atoms with E-state index in [1.54, 1.807) is 20.8 Å². The minimum Gasteiger partial charge on any atom is -0.460 e. The maximum Gasteiger partial charge on any atom is 0.375 e. The predicted octanol–water partition coefficient (Wildman–Crippen LogP) is 1.25. The van der Waals surface area contributed by atoms with Crippen LogP contribution in [0.15, 0.2) is 4.42 Å². The zero-order chi connectivity index (χ0) is 12.4. The molecule has 0 amide bonds. The molecule has 0 spiro atoms. The normalized spacial score (nSPS) is 10.5. The molecule has 0 bridgehead atoms. The second-order valence-electron chi connectivity index (χ2n) is 3.38. The number of carbonyl (C=O) groups is 1. The number of oxazole rings is 1. The zero-order valence-corrected chi connectivity index (χ0v) is 9.77. The van der Waals surface area contributed by atoms with E-state index in [1.807, 2.05) is 0 Å². The molecule has 0 fully saturated rings. The molecule has 7 heteroatoms. The molecule has 0 saturated heterocycles. The first-order valence-electron chi connectivity index (χ1n) is 5.15. The Balaban J connectivity index is 2.30. The largest absolute Gasteiger partial charge is 0.460 e. The Bertz CT molecular complexity index is 543. The smallest absolute Gasteiger partial charge is 0.375 e. The average Bonchev–Trinajstić information content (AvgIpc) is 2.85. The van der Waals surface area contributed by atoms with Gasteiger partial charge in [-0.05, 0) is 13.8 Å². The lowest BCUT2D eigenvalue weighted by atomic mass is 10.3. The quantitative estimate of drug-likeness (QED) is 0.806. The van der Waals surface area contributed by atoms with Crippen LogP contribution in [-0.4, -0.2) is 32.7 Å². The summed E-state index contributed by atoms with van der Waals surface area (Å²) in [4.78, 5) is 19.5. The van der Waals surface area contributed by atoms with Crippen molar-refractivity contribution in [3.63, 3.8) is 0 Å². The Morgan fingerprint density at radius 3 is 2.76 bits per heavy atom. The predicted molar refractivity (Wildman–Crippen MR) is 57.3 cm³/mol. The van der Waals surface area contributed by atoms with Gasteiger partial charge in [0.05, 0.1) is 12.3 Å². The van der Waals surface area contributed by atoms with Crippen molar-refractivity contribution in [2.75, 3.05) is 6.61 Å². The third kappa shape index (κ3) is 2.17. The summed E-state index contributed by atoms with van der Waals surface area (Å²) in [6.45, 7) is 5.52. The Kier molecular flexibility index (Phi) is 2.90. The third-order valence-corrected chi connectivity index (χ3v) is 2.06. The summed E-state index contributed by atoms with van der Waals surface area (Å²) >= 11 is 0. The van der Waals surface area contributed by atoms with Crippen LogP contribution in [0, 0.1) is 13.8 Å². The minimum atomic E-state index is -0.542. The third-order valence-electron chi connectivity index (χ3n) is 2.06.